The Morgan fingerprint density at radius 3 is 1.89 bits per heavy atom. The standard InChI is InChI=1S/C48H49N.C7H8/c1-7-10-16-34(4)47-33-45(31-38(9-3)36(47)6)49(43-27-23-40(24-28-43)39-18-12-11-13-19-39)44-29-25-41(26-30-44)42-22-21-35(5)48(32-42)46-20-15-14-17-37(46)8-2;1-7-5-3-2-4-6-7/h7,10-23,25-27,29-34H,1,8-9,24,28H2,2-6H3;2-6H,1H3/b16-10-;. The van der Waals surface area contributed by atoms with Crippen LogP contribution in [-0.4, -0.2) is 0 Å². The van der Waals surface area contributed by atoms with Crippen LogP contribution in [0.25, 0.3) is 27.8 Å². The Morgan fingerprint density at radius 2 is 1.27 bits per heavy atom. The summed E-state index contributed by atoms with van der Waals surface area (Å²) in [6, 6.07) is 50.8. The third kappa shape index (κ3) is 9.47. The van der Waals surface area contributed by atoms with Crippen LogP contribution in [0, 0.1) is 20.8 Å². The van der Waals surface area contributed by atoms with E-state index in [1.165, 1.54) is 83.8 Å². The van der Waals surface area contributed by atoms with Gasteiger partial charge in [0, 0.05) is 17.1 Å². The zero-order valence-corrected chi connectivity index (χ0v) is 34.2. The van der Waals surface area contributed by atoms with Crippen LogP contribution in [-0.2, 0) is 12.8 Å². The van der Waals surface area contributed by atoms with Crippen LogP contribution in [0.4, 0.5) is 11.4 Å². The Balaban J connectivity index is 0.000000685. The first kappa shape index (κ1) is 39.8. The van der Waals surface area contributed by atoms with E-state index in [9.17, 15) is 0 Å². The molecule has 6 aromatic carbocycles. The summed E-state index contributed by atoms with van der Waals surface area (Å²) in [7, 11) is 0. The summed E-state index contributed by atoms with van der Waals surface area (Å²) in [5.41, 5.74) is 19.7. The minimum absolute atomic E-state index is 0.283. The molecule has 282 valence electrons. The number of allylic oxidation sites excluding steroid dienone is 7. The van der Waals surface area contributed by atoms with Gasteiger partial charge in [0.15, 0.2) is 0 Å². The minimum atomic E-state index is 0.283. The molecule has 0 heterocycles. The van der Waals surface area contributed by atoms with Gasteiger partial charge in [-0.05, 0) is 150 Å². The SMILES string of the molecule is C=C/C=C\C(C)c1cc(N(C2=CC=C(c3ccccc3)CC2)c2ccc(-c3ccc(C)c(-c4ccccc4CC)c3)cc2)cc(CC)c1C.Cc1ccccc1. The van der Waals surface area contributed by atoms with Crippen molar-refractivity contribution in [3.63, 3.8) is 0 Å². The predicted octanol–water partition coefficient (Wildman–Crippen LogP) is 15.5. The van der Waals surface area contributed by atoms with Gasteiger partial charge in [0.25, 0.3) is 0 Å². The van der Waals surface area contributed by atoms with Gasteiger partial charge in [-0.2, -0.15) is 0 Å². The molecule has 0 saturated heterocycles. The molecule has 1 unspecified atom stereocenters. The molecule has 0 spiro atoms. The molecule has 0 N–H and O–H groups in total. The van der Waals surface area contributed by atoms with E-state index in [0.717, 1.165) is 25.7 Å². The largest absolute Gasteiger partial charge is 0.314 e. The summed E-state index contributed by atoms with van der Waals surface area (Å²) in [6.07, 6.45) is 14.8. The van der Waals surface area contributed by atoms with Gasteiger partial charge in [0.05, 0.1) is 0 Å². The van der Waals surface area contributed by atoms with E-state index in [1.807, 2.05) is 24.3 Å². The Kier molecular flexibility index (Phi) is 13.6. The smallest absolute Gasteiger partial charge is 0.0464 e. The average Bonchev–Trinajstić information content (AvgIpc) is 3.25. The number of aryl methyl sites for hydroxylation is 4. The lowest BCUT2D eigenvalue weighted by atomic mass is 9.90. The summed E-state index contributed by atoms with van der Waals surface area (Å²) >= 11 is 0. The summed E-state index contributed by atoms with van der Waals surface area (Å²) in [6.45, 7) is 17.3. The second kappa shape index (κ2) is 19.1. The van der Waals surface area contributed by atoms with E-state index in [4.69, 9.17) is 0 Å². The zero-order valence-electron chi connectivity index (χ0n) is 34.2. The Bertz CT molecular complexity index is 2320. The fourth-order valence-electron chi connectivity index (χ4n) is 7.81. The molecule has 0 radical (unpaired) electrons. The van der Waals surface area contributed by atoms with Gasteiger partial charge in [-0.25, -0.2) is 0 Å². The van der Waals surface area contributed by atoms with Gasteiger partial charge in [-0.3, -0.25) is 0 Å². The van der Waals surface area contributed by atoms with Crippen LogP contribution >= 0.6 is 0 Å². The molecule has 7 rings (SSSR count). The molecule has 1 heteroatoms. The Morgan fingerprint density at radius 1 is 0.607 bits per heavy atom. The van der Waals surface area contributed by atoms with Gasteiger partial charge in [0.1, 0.15) is 0 Å². The van der Waals surface area contributed by atoms with E-state index in [2.05, 4.69) is 199 Å². The quantitative estimate of drug-likeness (QED) is 0.120. The lowest BCUT2D eigenvalue weighted by Crippen LogP contribution is -2.19. The van der Waals surface area contributed by atoms with Crippen LogP contribution in [0.15, 0.2) is 182 Å². The first-order valence-electron chi connectivity index (χ1n) is 20.3. The summed E-state index contributed by atoms with van der Waals surface area (Å²) < 4.78 is 0. The van der Waals surface area contributed by atoms with Gasteiger partial charge < -0.3 is 4.90 Å². The topological polar surface area (TPSA) is 3.24 Å². The first-order valence-corrected chi connectivity index (χ1v) is 20.3. The Hall–Kier alpha value is -5.92. The fourth-order valence-corrected chi connectivity index (χ4v) is 7.81. The van der Waals surface area contributed by atoms with E-state index in [0.29, 0.717) is 0 Å². The molecule has 0 saturated carbocycles. The van der Waals surface area contributed by atoms with Crippen LogP contribution in [0.2, 0.25) is 0 Å². The second-order valence-electron chi connectivity index (χ2n) is 14.9. The molecule has 0 amide bonds. The van der Waals surface area contributed by atoms with Crippen molar-refractivity contribution in [2.24, 2.45) is 0 Å². The number of hydrogen-bond donors (Lipinski definition) is 0. The molecule has 0 bridgehead atoms. The summed E-state index contributed by atoms with van der Waals surface area (Å²) in [5.74, 6) is 0.283. The third-order valence-electron chi connectivity index (χ3n) is 11.1. The van der Waals surface area contributed by atoms with Crippen molar-refractivity contribution >= 4 is 16.9 Å². The highest BCUT2D eigenvalue weighted by Gasteiger charge is 2.21. The highest BCUT2D eigenvalue weighted by atomic mass is 15.1. The monoisotopic (exact) mass is 731 g/mol. The van der Waals surface area contributed by atoms with E-state index in [1.54, 1.807) is 0 Å². The van der Waals surface area contributed by atoms with Crippen LogP contribution in [0.3, 0.4) is 0 Å². The highest BCUT2D eigenvalue weighted by molar-refractivity contribution is 5.80. The number of nitrogens with zero attached hydrogens (tertiary/aromatic N) is 1. The number of rotatable bonds is 11. The molecule has 1 nitrogen and oxygen atoms in total. The normalized spacial score (nSPS) is 13.0. The molecule has 0 aromatic heterocycles. The predicted molar refractivity (Wildman–Crippen MR) is 245 cm³/mol. The van der Waals surface area contributed by atoms with Crippen molar-refractivity contribution in [1.82, 2.24) is 0 Å². The highest BCUT2D eigenvalue weighted by Crippen LogP contribution is 2.40. The maximum atomic E-state index is 3.91. The number of anilines is 2. The molecule has 56 heavy (non-hydrogen) atoms. The van der Waals surface area contributed by atoms with Crippen LogP contribution < -0.4 is 4.90 Å². The van der Waals surface area contributed by atoms with Crippen LogP contribution in [0.1, 0.15) is 78.5 Å². The van der Waals surface area contributed by atoms with Crippen molar-refractivity contribution in [2.75, 3.05) is 4.90 Å². The molecule has 6 aromatic rings. The maximum Gasteiger partial charge on any atom is 0.0464 e. The number of benzene rings is 6. The van der Waals surface area contributed by atoms with Crippen LogP contribution in [0.5, 0.6) is 0 Å². The van der Waals surface area contributed by atoms with Crippen molar-refractivity contribution < 1.29 is 0 Å². The fraction of sp³-hybridized carbons (Fsp3) is 0.200. The summed E-state index contributed by atoms with van der Waals surface area (Å²) in [4.78, 5) is 2.49. The zero-order chi connectivity index (χ0) is 39.4. The van der Waals surface area contributed by atoms with E-state index < -0.39 is 0 Å². The maximum absolute atomic E-state index is 3.91. The molecule has 1 aliphatic rings. The minimum Gasteiger partial charge on any atom is -0.314 e. The third-order valence-corrected chi connectivity index (χ3v) is 11.1. The molecule has 1 atom stereocenters. The molecule has 1 aliphatic carbocycles. The van der Waals surface area contributed by atoms with Crippen molar-refractivity contribution in [3.05, 3.63) is 221 Å². The van der Waals surface area contributed by atoms with Crippen molar-refractivity contribution in [2.45, 2.75) is 73.1 Å². The number of hydrogen-bond acceptors (Lipinski definition) is 1. The lowest BCUT2D eigenvalue weighted by molar-refractivity contribution is 0.913. The molecular weight excluding hydrogens is 675 g/mol. The van der Waals surface area contributed by atoms with Gasteiger partial charge in [-0.15, -0.1) is 0 Å². The van der Waals surface area contributed by atoms with Gasteiger partial charge in [-0.1, -0.05) is 166 Å². The first-order chi connectivity index (χ1) is 27.3. The molecule has 0 aliphatic heterocycles. The van der Waals surface area contributed by atoms with Gasteiger partial charge >= 0.3 is 0 Å². The Labute approximate surface area is 337 Å². The molecular formula is C55H57N. The van der Waals surface area contributed by atoms with Gasteiger partial charge in [0.2, 0.25) is 0 Å². The lowest BCUT2D eigenvalue weighted by Gasteiger charge is -2.32. The van der Waals surface area contributed by atoms with Crippen molar-refractivity contribution in [3.8, 4) is 22.3 Å². The van der Waals surface area contributed by atoms with E-state index >= 15 is 0 Å². The summed E-state index contributed by atoms with van der Waals surface area (Å²) in [5, 5.41) is 0. The van der Waals surface area contributed by atoms with Crippen molar-refractivity contribution in [1.29, 1.82) is 0 Å². The van der Waals surface area contributed by atoms with E-state index in [-0.39, 0.29) is 5.92 Å². The average molecular weight is 732 g/mol. The molecule has 0 fully saturated rings. The second-order valence-corrected chi connectivity index (χ2v) is 14.9.